The van der Waals surface area contributed by atoms with Crippen molar-refractivity contribution in [3.05, 3.63) is 29.8 Å². The fraction of sp³-hybridized carbons (Fsp3) is 0.467. The van der Waals surface area contributed by atoms with Crippen LogP contribution in [0.15, 0.2) is 29.2 Å². The lowest BCUT2D eigenvalue weighted by Crippen LogP contribution is -2.36. The molecule has 0 aliphatic carbocycles. The number of nitrogens with one attached hydrogen (secondary N) is 1. The lowest BCUT2D eigenvalue weighted by atomic mass is 9.96. The van der Waals surface area contributed by atoms with Crippen LogP contribution in [0.5, 0.6) is 0 Å². The van der Waals surface area contributed by atoms with Crippen molar-refractivity contribution in [2.24, 2.45) is 11.8 Å². The zero-order valence-electron chi connectivity index (χ0n) is 12.1. The Balaban J connectivity index is 2.36. The number of aliphatic carboxylic acids is 1. The molecule has 1 aromatic rings. The van der Waals surface area contributed by atoms with E-state index >= 15 is 0 Å². The van der Waals surface area contributed by atoms with E-state index in [9.17, 15) is 9.59 Å². The number of carbonyl (C=O) groups is 2. The van der Waals surface area contributed by atoms with Crippen LogP contribution in [0.25, 0.3) is 0 Å². The molecule has 1 rings (SSSR count). The van der Waals surface area contributed by atoms with Gasteiger partial charge in [-0.1, -0.05) is 31.5 Å². The Morgan fingerprint density at radius 1 is 1.25 bits per heavy atom. The molecule has 1 atom stereocenters. The second-order valence-electron chi connectivity index (χ2n) is 5.09. The van der Waals surface area contributed by atoms with Crippen LogP contribution in [0.1, 0.15) is 19.4 Å². The first-order valence-electron chi connectivity index (χ1n) is 6.59. The second kappa shape index (κ2) is 7.94. The molecule has 0 fully saturated rings. The summed E-state index contributed by atoms with van der Waals surface area (Å²) in [5.74, 6) is -1.25. The van der Waals surface area contributed by atoms with E-state index in [1.165, 1.54) is 17.3 Å². The van der Waals surface area contributed by atoms with Gasteiger partial charge in [0.15, 0.2) is 0 Å². The number of benzene rings is 1. The predicted octanol–water partition coefficient (Wildman–Crippen LogP) is 2.56. The Labute approximate surface area is 124 Å². The number of hydrogen-bond donors (Lipinski definition) is 2. The van der Waals surface area contributed by atoms with E-state index in [0.29, 0.717) is 5.75 Å². The summed E-state index contributed by atoms with van der Waals surface area (Å²) in [6.45, 7) is 5.87. The summed E-state index contributed by atoms with van der Waals surface area (Å²) in [5, 5.41) is 11.7. The lowest BCUT2D eigenvalue weighted by molar-refractivity contribution is -0.143. The zero-order chi connectivity index (χ0) is 15.1. The lowest BCUT2D eigenvalue weighted by Gasteiger charge is -2.16. The Morgan fingerprint density at radius 3 is 2.35 bits per heavy atom. The molecule has 4 nitrogen and oxygen atoms in total. The third kappa shape index (κ3) is 5.65. The Morgan fingerprint density at radius 2 is 1.85 bits per heavy atom. The maximum absolute atomic E-state index is 11.7. The third-order valence-electron chi connectivity index (χ3n) is 3.03. The van der Waals surface area contributed by atoms with E-state index < -0.39 is 11.9 Å². The molecule has 110 valence electrons. The topological polar surface area (TPSA) is 66.4 Å². The first-order valence-corrected chi connectivity index (χ1v) is 7.57. The van der Waals surface area contributed by atoms with Gasteiger partial charge in [0.2, 0.25) is 5.91 Å². The number of amides is 1. The average Bonchev–Trinajstić information content (AvgIpc) is 2.37. The molecule has 0 aliphatic heterocycles. The van der Waals surface area contributed by atoms with Gasteiger partial charge in [0, 0.05) is 11.4 Å². The highest BCUT2D eigenvalue weighted by Gasteiger charge is 2.21. The van der Waals surface area contributed by atoms with Gasteiger partial charge in [0.05, 0.1) is 11.7 Å². The smallest absolute Gasteiger partial charge is 0.308 e. The maximum atomic E-state index is 11.7. The molecule has 0 aliphatic rings. The molecule has 1 aromatic carbocycles. The Kier molecular flexibility index (Phi) is 6.58. The molecule has 20 heavy (non-hydrogen) atoms. The summed E-state index contributed by atoms with van der Waals surface area (Å²) in [6.07, 6.45) is 0. The van der Waals surface area contributed by atoms with Gasteiger partial charge in [-0.05, 0) is 25.0 Å². The van der Waals surface area contributed by atoms with Crippen molar-refractivity contribution in [2.45, 2.75) is 25.7 Å². The monoisotopic (exact) mass is 295 g/mol. The molecular formula is C15H21NO3S. The minimum absolute atomic E-state index is 0.00227. The fourth-order valence-electron chi connectivity index (χ4n) is 1.67. The summed E-state index contributed by atoms with van der Waals surface area (Å²) < 4.78 is 0. The maximum Gasteiger partial charge on any atom is 0.308 e. The molecule has 0 heterocycles. The van der Waals surface area contributed by atoms with Crippen LogP contribution in [0.4, 0.5) is 0 Å². The normalized spacial score (nSPS) is 12.2. The molecule has 5 heteroatoms. The molecule has 0 radical (unpaired) electrons. The van der Waals surface area contributed by atoms with Crippen LogP contribution < -0.4 is 5.32 Å². The van der Waals surface area contributed by atoms with Gasteiger partial charge in [0.1, 0.15) is 0 Å². The van der Waals surface area contributed by atoms with E-state index in [0.717, 1.165) is 4.90 Å². The molecule has 0 saturated heterocycles. The van der Waals surface area contributed by atoms with E-state index in [-0.39, 0.29) is 18.4 Å². The van der Waals surface area contributed by atoms with Crippen molar-refractivity contribution in [3.8, 4) is 0 Å². The molecule has 0 spiro atoms. The number of rotatable bonds is 7. The summed E-state index contributed by atoms with van der Waals surface area (Å²) in [5.41, 5.74) is 1.18. The molecule has 0 aromatic heterocycles. The molecule has 0 bridgehead atoms. The van der Waals surface area contributed by atoms with Gasteiger partial charge in [-0.2, -0.15) is 0 Å². The summed E-state index contributed by atoms with van der Waals surface area (Å²) in [6, 6.07) is 7.95. The number of aryl methyl sites for hydroxylation is 1. The van der Waals surface area contributed by atoms with Gasteiger partial charge in [-0.15, -0.1) is 11.8 Å². The third-order valence-corrected chi connectivity index (χ3v) is 4.04. The highest BCUT2D eigenvalue weighted by molar-refractivity contribution is 8.00. The standard InChI is InChI=1S/C15H21NO3S/c1-10(2)13(15(18)19)8-16-14(17)9-20-12-6-4-11(3)5-7-12/h4-7,10,13H,8-9H2,1-3H3,(H,16,17)(H,18,19). The van der Waals surface area contributed by atoms with Crippen LogP contribution in [-0.4, -0.2) is 29.3 Å². The second-order valence-corrected chi connectivity index (χ2v) is 6.14. The first kappa shape index (κ1) is 16.6. The zero-order valence-corrected chi connectivity index (χ0v) is 12.9. The number of hydrogen-bond acceptors (Lipinski definition) is 3. The van der Waals surface area contributed by atoms with E-state index in [2.05, 4.69) is 5.32 Å². The van der Waals surface area contributed by atoms with Gasteiger partial charge in [-0.3, -0.25) is 9.59 Å². The molecule has 1 amide bonds. The van der Waals surface area contributed by atoms with Crippen molar-refractivity contribution >= 4 is 23.6 Å². The summed E-state index contributed by atoms with van der Waals surface area (Å²) in [4.78, 5) is 23.7. The Hall–Kier alpha value is -1.49. The van der Waals surface area contributed by atoms with Gasteiger partial charge in [-0.25, -0.2) is 0 Å². The number of thioether (sulfide) groups is 1. The van der Waals surface area contributed by atoms with Gasteiger partial charge < -0.3 is 10.4 Å². The fourth-order valence-corrected chi connectivity index (χ4v) is 2.39. The van der Waals surface area contributed by atoms with Crippen LogP contribution in [0, 0.1) is 18.8 Å². The highest BCUT2D eigenvalue weighted by atomic mass is 32.2. The average molecular weight is 295 g/mol. The van der Waals surface area contributed by atoms with E-state index in [4.69, 9.17) is 5.11 Å². The van der Waals surface area contributed by atoms with Crippen molar-refractivity contribution in [1.82, 2.24) is 5.32 Å². The van der Waals surface area contributed by atoms with Crippen LogP contribution in [-0.2, 0) is 9.59 Å². The molecule has 2 N–H and O–H groups in total. The minimum atomic E-state index is -0.869. The molecular weight excluding hydrogens is 274 g/mol. The quantitative estimate of drug-likeness (QED) is 0.759. The van der Waals surface area contributed by atoms with Crippen molar-refractivity contribution < 1.29 is 14.7 Å². The number of carboxylic acids is 1. The highest BCUT2D eigenvalue weighted by Crippen LogP contribution is 2.18. The van der Waals surface area contributed by atoms with E-state index in [1.54, 1.807) is 0 Å². The van der Waals surface area contributed by atoms with E-state index in [1.807, 2.05) is 45.0 Å². The number of carbonyl (C=O) groups excluding carboxylic acids is 1. The molecule has 0 saturated carbocycles. The summed E-state index contributed by atoms with van der Waals surface area (Å²) >= 11 is 1.45. The van der Waals surface area contributed by atoms with Crippen LogP contribution >= 0.6 is 11.8 Å². The van der Waals surface area contributed by atoms with Crippen molar-refractivity contribution in [2.75, 3.05) is 12.3 Å². The summed E-state index contributed by atoms with van der Waals surface area (Å²) in [7, 11) is 0. The van der Waals surface area contributed by atoms with Gasteiger partial charge in [0.25, 0.3) is 0 Å². The van der Waals surface area contributed by atoms with Crippen molar-refractivity contribution in [3.63, 3.8) is 0 Å². The minimum Gasteiger partial charge on any atom is -0.481 e. The SMILES string of the molecule is Cc1ccc(SCC(=O)NCC(C(=O)O)C(C)C)cc1. The molecule has 1 unspecified atom stereocenters. The van der Waals surface area contributed by atoms with Crippen LogP contribution in [0.2, 0.25) is 0 Å². The first-order chi connectivity index (χ1) is 9.40. The number of carboxylic acid groups (broad SMARTS) is 1. The van der Waals surface area contributed by atoms with Crippen molar-refractivity contribution in [1.29, 1.82) is 0 Å². The van der Waals surface area contributed by atoms with Gasteiger partial charge >= 0.3 is 5.97 Å². The predicted molar refractivity (Wildman–Crippen MR) is 80.9 cm³/mol. The largest absolute Gasteiger partial charge is 0.481 e. The van der Waals surface area contributed by atoms with Crippen LogP contribution in [0.3, 0.4) is 0 Å². The Bertz CT molecular complexity index is 457.